The average Bonchev–Trinajstić information content (AvgIpc) is 3.15. The molecule has 0 fully saturated rings. The molecule has 1 heterocycles. The van der Waals surface area contributed by atoms with E-state index in [-0.39, 0.29) is 65.5 Å². The minimum absolute atomic E-state index is 0. The summed E-state index contributed by atoms with van der Waals surface area (Å²) < 4.78 is 10.3. The Hall–Kier alpha value is -2.42. The van der Waals surface area contributed by atoms with Gasteiger partial charge in [-0.25, -0.2) is 4.79 Å². The summed E-state index contributed by atoms with van der Waals surface area (Å²) in [4.78, 5) is 47.3. The van der Waals surface area contributed by atoms with Crippen molar-refractivity contribution in [1.82, 2.24) is 0 Å². The fraction of sp³-hybridized carbons (Fsp3) is 0.333. The van der Waals surface area contributed by atoms with Gasteiger partial charge < -0.3 is 19.7 Å². The van der Waals surface area contributed by atoms with Crippen molar-refractivity contribution >= 4 is 23.5 Å². The molecule has 0 saturated heterocycles. The first kappa shape index (κ1) is 23.9. The number of unbranched alkanes of at least 4 members (excludes halogenated alkanes) is 2. The Balaban J connectivity index is 0.00000320. The number of carboxylic acid groups (broad SMARTS) is 1. The molecular weight excluding hydrogens is 403 g/mol. The summed E-state index contributed by atoms with van der Waals surface area (Å²) in [6.45, 7) is 0.0552. The van der Waals surface area contributed by atoms with Crippen LogP contribution in [0.3, 0.4) is 0 Å². The van der Waals surface area contributed by atoms with E-state index in [1.807, 2.05) is 0 Å². The molecule has 3 rings (SSSR count). The molecule has 152 valence electrons. The van der Waals surface area contributed by atoms with Crippen molar-refractivity contribution in [1.29, 1.82) is 0 Å². The van der Waals surface area contributed by atoms with Gasteiger partial charge in [0.2, 0.25) is 5.78 Å². The number of benzene rings is 1. The number of carbonyl (C=O) groups excluding carboxylic acids is 3. The molecule has 9 heteroatoms. The Labute approximate surface area is 194 Å². The first-order valence-corrected chi connectivity index (χ1v) is 9.22. The van der Waals surface area contributed by atoms with Crippen LogP contribution < -0.4 is 34.7 Å². The number of ketones is 2. The van der Waals surface area contributed by atoms with Gasteiger partial charge in [-0.3, -0.25) is 14.4 Å². The van der Waals surface area contributed by atoms with Crippen LogP contribution in [0.2, 0.25) is 0 Å². The third kappa shape index (κ3) is 5.38. The van der Waals surface area contributed by atoms with Gasteiger partial charge >= 0.3 is 41.5 Å². The molecule has 1 aromatic carbocycles. The number of carbonyl (C=O) groups is 4. The van der Waals surface area contributed by atoms with E-state index in [9.17, 15) is 24.3 Å². The third-order valence-electron chi connectivity index (χ3n) is 4.70. The van der Waals surface area contributed by atoms with Gasteiger partial charge in [-0.2, -0.15) is 0 Å². The Morgan fingerprint density at radius 3 is 2.43 bits per heavy atom. The molecule has 2 atom stereocenters. The first-order valence-electron chi connectivity index (χ1n) is 9.22. The smallest absolute Gasteiger partial charge is 0.870 e. The number of ether oxygens (including phenoxy) is 2. The standard InChI is InChI=1S/C21H20O8.Na/c22-15(11-18(25)28-9-5-1-2-8-17(23)24)16-10-14-19(26)12-6-3-4-7-13(12)20(27)21(14)29-16;/h3-4,6-7,10-11,14,21-22H,1-2,5,8-9H2,(H,23,24);/q;+1/p-1/b15-11-;. The maximum absolute atomic E-state index is 12.6. The minimum Gasteiger partial charge on any atom is -0.870 e. The van der Waals surface area contributed by atoms with Gasteiger partial charge in [0.15, 0.2) is 11.9 Å². The summed E-state index contributed by atoms with van der Waals surface area (Å²) in [7, 11) is 0. The Morgan fingerprint density at radius 1 is 1.10 bits per heavy atom. The Morgan fingerprint density at radius 2 is 1.77 bits per heavy atom. The maximum atomic E-state index is 12.6. The second kappa shape index (κ2) is 10.6. The maximum Gasteiger partial charge on any atom is 1.00 e. The molecule has 1 aliphatic carbocycles. The van der Waals surface area contributed by atoms with Gasteiger partial charge in [-0.05, 0) is 25.3 Å². The zero-order valence-electron chi connectivity index (χ0n) is 16.5. The van der Waals surface area contributed by atoms with Crippen LogP contribution in [0, 0.1) is 5.92 Å². The molecule has 0 saturated carbocycles. The number of aliphatic carboxylic acids is 1. The number of carboxylic acids is 1. The second-order valence-electron chi connectivity index (χ2n) is 6.75. The van der Waals surface area contributed by atoms with Crippen molar-refractivity contribution in [2.45, 2.75) is 31.8 Å². The third-order valence-corrected chi connectivity index (χ3v) is 4.70. The fourth-order valence-corrected chi connectivity index (χ4v) is 3.26. The van der Waals surface area contributed by atoms with E-state index in [0.29, 0.717) is 30.9 Å². The van der Waals surface area contributed by atoms with Crippen LogP contribution in [0.15, 0.2) is 47.9 Å². The van der Waals surface area contributed by atoms with Crippen LogP contribution >= 0.6 is 0 Å². The van der Waals surface area contributed by atoms with Crippen LogP contribution in [0.1, 0.15) is 46.4 Å². The van der Waals surface area contributed by atoms with Crippen LogP contribution in [-0.4, -0.2) is 41.3 Å². The van der Waals surface area contributed by atoms with Crippen molar-refractivity contribution in [3.8, 4) is 0 Å². The van der Waals surface area contributed by atoms with E-state index in [1.54, 1.807) is 18.2 Å². The van der Waals surface area contributed by atoms with Gasteiger partial charge in [-0.1, -0.05) is 30.0 Å². The topological polar surface area (TPSA) is 130 Å². The quantitative estimate of drug-likeness (QED) is 0.174. The molecule has 0 aromatic heterocycles. The van der Waals surface area contributed by atoms with Crippen molar-refractivity contribution < 1.29 is 68.4 Å². The number of esters is 1. The molecule has 1 N–H and O–H groups in total. The molecule has 1 aliphatic heterocycles. The molecule has 0 amide bonds. The zero-order valence-corrected chi connectivity index (χ0v) is 18.5. The predicted octanol–water partition coefficient (Wildman–Crippen LogP) is -1.60. The number of Topliss-reactive ketones (excluding diaryl/α,β-unsaturated/α-hetero) is 2. The van der Waals surface area contributed by atoms with E-state index in [4.69, 9.17) is 14.6 Å². The molecule has 8 nitrogen and oxygen atoms in total. The van der Waals surface area contributed by atoms with Gasteiger partial charge in [0, 0.05) is 23.6 Å². The summed E-state index contributed by atoms with van der Waals surface area (Å²) in [5.74, 6) is -4.34. The van der Waals surface area contributed by atoms with Crippen LogP contribution in [0.4, 0.5) is 0 Å². The van der Waals surface area contributed by atoms with E-state index in [2.05, 4.69) is 0 Å². The average molecular weight is 422 g/mol. The monoisotopic (exact) mass is 422 g/mol. The van der Waals surface area contributed by atoms with Crippen molar-refractivity contribution in [2.75, 3.05) is 6.61 Å². The second-order valence-corrected chi connectivity index (χ2v) is 6.75. The Bertz CT molecular complexity index is 917. The normalized spacial score (nSPS) is 19.7. The first-order chi connectivity index (χ1) is 13.9. The Kier molecular flexibility index (Phi) is 8.40. The van der Waals surface area contributed by atoms with Crippen molar-refractivity contribution in [3.05, 3.63) is 59.1 Å². The molecule has 0 spiro atoms. The van der Waals surface area contributed by atoms with Gasteiger partial charge in [-0.15, -0.1) is 0 Å². The number of hydrogen-bond acceptors (Lipinski definition) is 7. The number of rotatable bonds is 8. The minimum atomic E-state index is -1.10. The van der Waals surface area contributed by atoms with Crippen LogP contribution in [0.25, 0.3) is 0 Å². The molecule has 2 unspecified atom stereocenters. The summed E-state index contributed by atoms with van der Waals surface area (Å²) in [6.07, 6.45) is 2.47. The van der Waals surface area contributed by atoms with Gasteiger partial charge in [0.25, 0.3) is 0 Å². The molecule has 0 radical (unpaired) electrons. The number of hydrogen-bond donors (Lipinski definition) is 1. The summed E-state index contributed by atoms with van der Waals surface area (Å²) in [5.41, 5.74) is 0.547. The van der Waals surface area contributed by atoms with E-state index < -0.39 is 29.7 Å². The zero-order chi connectivity index (χ0) is 21.0. The van der Waals surface area contributed by atoms with Gasteiger partial charge in [0.05, 0.1) is 12.5 Å². The van der Waals surface area contributed by atoms with E-state index in [0.717, 1.165) is 0 Å². The summed E-state index contributed by atoms with van der Waals surface area (Å²) in [6, 6.07) is 6.39. The molecular formula is C21H19NaO8. The SMILES string of the molecule is O=C(O)CCCCCOC(=O)/C=C(\[O-])C1=CC2C(=O)c3ccccc3C(=O)C2O1.[Na+]. The largest absolute Gasteiger partial charge is 1.00 e. The fourth-order valence-electron chi connectivity index (χ4n) is 3.26. The van der Waals surface area contributed by atoms with E-state index >= 15 is 0 Å². The summed E-state index contributed by atoms with van der Waals surface area (Å²) >= 11 is 0. The molecule has 1 aromatic rings. The molecule has 30 heavy (non-hydrogen) atoms. The van der Waals surface area contributed by atoms with Crippen LogP contribution in [-0.2, 0) is 19.1 Å². The number of fused-ring (bicyclic) bond motifs is 2. The molecule has 2 aliphatic rings. The van der Waals surface area contributed by atoms with Crippen LogP contribution in [0.5, 0.6) is 0 Å². The summed E-state index contributed by atoms with van der Waals surface area (Å²) in [5, 5.41) is 20.8. The van der Waals surface area contributed by atoms with Gasteiger partial charge in [0.1, 0.15) is 5.76 Å². The van der Waals surface area contributed by atoms with Crippen molar-refractivity contribution in [3.63, 3.8) is 0 Å². The predicted molar refractivity (Wildman–Crippen MR) is 96.7 cm³/mol. The van der Waals surface area contributed by atoms with E-state index in [1.165, 1.54) is 12.1 Å². The molecule has 0 bridgehead atoms. The van der Waals surface area contributed by atoms with Crippen molar-refractivity contribution in [2.24, 2.45) is 5.92 Å².